The van der Waals surface area contributed by atoms with Crippen LogP contribution >= 0.6 is 11.8 Å². The van der Waals surface area contributed by atoms with Gasteiger partial charge in [-0.3, -0.25) is 4.79 Å². The van der Waals surface area contributed by atoms with Gasteiger partial charge < -0.3 is 4.90 Å². The molecule has 4 saturated carbocycles. The van der Waals surface area contributed by atoms with Crippen LogP contribution in [0.5, 0.6) is 0 Å². The van der Waals surface area contributed by atoms with Crippen molar-refractivity contribution in [1.29, 1.82) is 0 Å². The molecule has 1 aliphatic heterocycles. The van der Waals surface area contributed by atoms with Crippen LogP contribution in [0.1, 0.15) is 44.9 Å². The standard InChI is InChI=1S/C15H23NOS/c17-14(16-1-2-18-10-16)9-15-6-11-3-12(7-15)5-13(4-11)8-15/h11-13H,1-10H2. The third-order valence-corrected chi connectivity index (χ3v) is 6.76. The van der Waals surface area contributed by atoms with Crippen LogP contribution in [0.25, 0.3) is 0 Å². The van der Waals surface area contributed by atoms with Crippen LogP contribution in [0.3, 0.4) is 0 Å². The number of nitrogens with zero attached hydrogens (tertiary/aromatic N) is 1. The van der Waals surface area contributed by atoms with Gasteiger partial charge in [0.15, 0.2) is 0 Å². The molecule has 100 valence electrons. The van der Waals surface area contributed by atoms with Gasteiger partial charge in [-0.05, 0) is 61.7 Å². The number of carbonyl (C=O) groups is 1. The van der Waals surface area contributed by atoms with Crippen molar-refractivity contribution in [3.05, 3.63) is 0 Å². The Bertz CT molecular complexity index is 326. The molecule has 2 nitrogen and oxygen atoms in total. The second-order valence-electron chi connectivity index (χ2n) is 7.29. The SMILES string of the molecule is O=C(CC12CC3CC(CC(C3)C1)C2)N1CCSC1. The van der Waals surface area contributed by atoms with Crippen molar-refractivity contribution < 1.29 is 4.79 Å². The Balaban J connectivity index is 1.48. The molecule has 18 heavy (non-hydrogen) atoms. The van der Waals surface area contributed by atoms with Gasteiger partial charge in [-0.15, -0.1) is 11.8 Å². The molecule has 0 spiro atoms. The van der Waals surface area contributed by atoms with Gasteiger partial charge in [0.2, 0.25) is 5.91 Å². The van der Waals surface area contributed by atoms with Gasteiger partial charge in [-0.1, -0.05) is 0 Å². The number of thioether (sulfide) groups is 1. The Morgan fingerprint density at radius 1 is 1.11 bits per heavy atom. The van der Waals surface area contributed by atoms with Crippen molar-refractivity contribution in [2.24, 2.45) is 23.2 Å². The highest BCUT2D eigenvalue weighted by atomic mass is 32.2. The lowest BCUT2D eigenvalue weighted by Gasteiger charge is -2.56. The number of hydrogen-bond acceptors (Lipinski definition) is 2. The van der Waals surface area contributed by atoms with E-state index in [4.69, 9.17) is 0 Å². The molecule has 1 saturated heterocycles. The van der Waals surface area contributed by atoms with Crippen molar-refractivity contribution >= 4 is 17.7 Å². The fourth-order valence-electron chi connectivity index (χ4n) is 5.55. The maximum absolute atomic E-state index is 12.4. The van der Waals surface area contributed by atoms with Crippen molar-refractivity contribution in [2.45, 2.75) is 44.9 Å². The summed E-state index contributed by atoms with van der Waals surface area (Å²) >= 11 is 1.91. The number of amides is 1. The van der Waals surface area contributed by atoms with Crippen LogP contribution in [0.4, 0.5) is 0 Å². The fraction of sp³-hybridized carbons (Fsp3) is 0.933. The largest absolute Gasteiger partial charge is 0.333 e. The summed E-state index contributed by atoms with van der Waals surface area (Å²) in [7, 11) is 0. The molecule has 0 aromatic rings. The predicted octanol–water partition coefficient (Wildman–Crippen LogP) is 3.13. The molecule has 0 aromatic carbocycles. The van der Waals surface area contributed by atoms with Gasteiger partial charge in [0.1, 0.15) is 0 Å². The lowest BCUT2D eigenvalue weighted by molar-refractivity contribution is -0.138. The highest BCUT2D eigenvalue weighted by Gasteiger charge is 2.51. The monoisotopic (exact) mass is 265 g/mol. The highest BCUT2D eigenvalue weighted by Crippen LogP contribution is 2.61. The van der Waals surface area contributed by atoms with E-state index < -0.39 is 0 Å². The Hall–Kier alpha value is -0.180. The average Bonchev–Trinajstić information content (AvgIpc) is 2.79. The highest BCUT2D eigenvalue weighted by molar-refractivity contribution is 7.99. The van der Waals surface area contributed by atoms with Crippen LogP contribution < -0.4 is 0 Å². The molecule has 3 heteroatoms. The van der Waals surface area contributed by atoms with Gasteiger partial charge in [-0.25, -0.2) is 0 Å². The van der Waals surface area contributed by atoms with E-state index in [0.29, 0.717) is 11.3 Å². The Morgan fingerprint density at radius 2 is 1.72 bits per heavy atom. The van der Waals surface area contributed by atoms with Crippen molar-refractivity contribution in [1.82, 2.24) is 4.90 Å². The first-order valence-corrected chi connectivity index (χ1v) is 8.73. The van der Waals surface area contributed by atoms with Crippen LogP contribution in [0, 0.1) is 23.2 Å². The molecule has 0 unspecified atom stereocenters. The number of carbonyl (C=O) groups excluding carboxylic acids is 1. The Kier molecular flexibility index (Phi) is 2.69. The smallest absolute Gasteiger partial charge is 0.223 e. The molecule has 0 aromatic heterocycles. The normalized spacial score (nSPS) is 45.8. The number of hydrogen-bond donors (Lipinski definition) is 0. The maximum atomic E-state index is 12.4. The van der Waals surface area contributed by atoms with Crippen LogP contribution in [-0.2, 0) is 4.79 Å². The molecule has 5 rings (SSSR count). The zero-order valence-corrected chi connectivity index (χ0v) is 11.9. The second-order valence-corrected chi connectivity index (χ2v) is 8.36. The summed E-state index contributed by atoms with van der Waals surface area (Å²) in [4.78, 5) is 14.5. The zero-order chi connectivity index (χ0) is 12.2. The molecular weight excluding hydrogens is 242 g/mol. The van der Waals surface area contributed by atoms with E-state index in [9.17, 15) is 4.79 Å². The molecule has 0 radical (unpaired) electrons. The Labute approximate surface area is 114 Å². The topological polar surface area (TPSA) is 20.3 Å². The molecule has 0 N–H and O–H groups in total. The molecule has 1 amide bonds. The van der Waals surface area contributed by atoms with Crippen LogP contribution in [-0.4, -0.2) is 29.0 Å². The maximum Gasteiger partial charge on any atom is 0.223 e. The van der Waals surface area contributed by atoms with E-state index in [1.807, 2.05) is 11.8 Å². The van der Waals surface area contributed by atoms with Gasteiger partial charge in [-0.2, -0.15) is 0 Å². The average molecular weight is 265 g/mol. The van der Waals surface area contributed by atoms with E-state index in [1.54, 1.807) is 0 Å². The minimum absolute atomic E-state index is 0.430. The summed E-state index contributed by atoms with van der Waals surface area (Å²) in [6.07, 6.45) is 9.41. The van der Waals surface area contributed by atoms with Crippen molar-refractivity contribution in [2.75, 3.05) is 18.2 Å². The molecular formula is C15H23NOS. The molecule has 4 aliphatic carbocycles. The fourth-order valence-corrected chi connectivity index (χ4v) is 6.52. The lowest BCUT2D eigenvalue weighted by Crippen LogP contribution is -2.48. The third kappa shape index (κ3) is 1.90. The first-order chi connectivity index (χ1) is 8.72. The summed E-state index contributed by atoms with van der Waals surface area (Å²) in [5, 5.41) is 0. The van der Waals surface area contributed by atoms with Gasteiger partial charge in [0, 0.05) is 18.7 Å². The van der Waals surface area contributed by atoms with Gasteiger partial charge >= 0.3 is 0 Å². The minimum atomic E-state index is 0.430. The summed E-state index contributed by atoms with van der Waals surface area (Å²) in [6, 6.07) is 0. The van der Waals surface area contributed by atoms with Crippen LogP contribution in [0.15, 0.2) is 0 Å². The number of rotatable bonds is 2. The first kappa shape index (κ1) is 11.6. The molecule has 4 bridgehead atoms. The minimum Gasteiger partial charge on any atom is -0.333 e. The summed E-state index contributed by atoms with van der Waals surface area (Å²) in [5.74, 6) is 5.46. The van der Waals surface area contributed by atoms with E-state index in [1.165, 1.54) is 38.5 Å². The summed E-state index contributed by atoms with van der Waals surface area (Å²) in [6.45, 7) is 0.996. The summed E-state index contributed by atoms with van der Waals surface area (Å²) < 4.78 is 0. The van der Waals surface area contributed by atoms with Crippen molar-refractivity contribution in [3.63, 3.8) is 0 Å². The summed E-state index contributed by atoms with van der Waals surface area (Å²) in [5.41, 5.74) is 0.430. The molecule has 5 fully saturated rings. The second kappa shape index (κ2) is 4.16. The van der Waals surface area contributed by atoms with E-state index in [2.05, 4.69) is 4.90 Å². The van der Waals surface area contributed by atoms with Gasteiger partial charge in [0.25, 0.3) is 0 Å². The van der Waals surface area contributed by atoms with E-state index in [0.717, 1.165) is 42.3 Å². The molecule has 1 heterocycles. The molecule has 5 aliphatic rings. The molecule has 0 atom stereocenters. The quantitative estimate of drug-likeness (QED) is 0.764. The van der Waals surface area contributed by atoms with E-state index in [-0.39, 0.29) is 0 Å². The first-order valence-electron chi connectivity index (χ1n) is 7.58. The zero-order valence-electron chi connectivity index (χ0n) is 11.1. The predicted molar refractivity (Wildman–Crippen MR) is 74.3 cm³/mol. The van der Waals surface area contributed by atoms with Gasteiger partial charge in [0.05, 0.1) is 5.88 Å². The third-order valence-electron chi connectivity index (χ3n) is 5.80. The van der Waals surface area contributed by atoms with E-state index >= 15 is 0 Å². The van der Waals surface area contributed by atoms with Crippen LogP contribution in [0.2, 0.25) is 0 Å². The van der Waals surface area contributed by atoms with Crippen molar-refractivity contribution in [3.8, 4) is 0 Å². The Morgan fingerprint density at radius 3 is 2.22 bits per heavy atom. The lowest BCUT2D eigenvalue weighted by atomic mass is 9.49.